The van der Waals surface area contributed by atoms with Crippen molar-refractivity contribution in [1.29, 1.82) is 0 Å². The molecule has 0 atom stereocenters. The second-order valence-electron chi connectivity index (χ2n) is 18.5. The Balaban J connectivity index is 0.000000214. The van der Waals surface area contributed by atoms with Crippen molar-refractivity contribution in [1.82, 2.24) is 9.97 Å². The van der Waals surface area contributed by atoms with Crippen LogP contribution in [0.3, 0.4) is 0 Å². The number of aliphatic carboxylic acids is 2. The van der Waals surface area contributed by atoms with E-state index in [1.54, 1.807) is 48.5 Å². The van der Waals surface area contributed by atoms with Gasteiger partial charge < -0.3 is 69.5 Å². The number of methoxy groups -OCH3 is 2. The van der Waals surface area contributed by atoms with E-state index in [2.05, 4.69) is 31.2 Å². The molecule has 0 spiro atoms. The summed E-state index contributed by atoms with van der Waals surface area (Å²) >= 11 is 11.9. The number of nitrogens with zero attached hydrogens (tertiary/aromatic N) is 2. The normalized spacial score (nSPS) is 13.1. The molecular weight excluding hydrogens is 1150 g/mol. The summed E-state index contributed by atoms with van der Waals surface area (Å²) in [4.78, 5) is 81.7. The Hall–Kier alpha value is -8.54. The van der Waals surface area contributed by atoms with Crippen molar-refractivity contribution in [3.8, 4) is 46.0 Å². The van der Waals surface area contributed by atoms with Crippen molar-refractivity contribution in [2.45, 2.75) is 25.7 Å². The van der Waals surface area contributed by atoms with Gasteiger partial charge in [0, 0.05) is 80.2 Å². The zero-order valence-electron chi connectivity index (χ0n) is 43.8. The molecule has 83 heavy (non-hydrogen) atoms. The minimum atomic E-state index is -1.40. The minimum absolute atomic E-state index is 0. The van der Waals surface area contributed by atoms with Crippen LogP contribution in [0, 0.1) is 22.5 Å². The van der Waals surface area contributed by atoms with E-state index in [4.69, 9.17) is 51.6 Å². The average Bonchev–Trinajstić information content (AvgIpc) is 3.52. The maximum atomic E-state index is 15.1. The summed E-state index contributed by atoms with van der Waals surface area (Å²) < 4.78 is 62.8. The van der Waals surface area contributed by atoms with E-state index in [9.17, 15) is 39.0 Å². The van der Waals surface area contributed by atoms with E-state index in [0.717, 1.165) is 12.1 Å². The molecule has 2 aliphatic rings. The second-order valence-corrected chi connectivity index (χ2v) is 19.3. The fourth-order valence-corrected chi connectivity index (χ4v) is 8.69. The molecule has 8 aromatic rings. The molecule has 2 heterocycles. The number of carbonyl (C=O) groups is 6. The molecule has 0 bridgehead atoms. The Morgan fingerprint density at radius 3 is 1.16 bits per heavy atom. The number of carboxylic acids is 2. The Labute approximate surface area is 510 Å². The molecule has 6 aromatic carbocycles. The van der Waals surface area contributed by atoms with Crippen molar-refractivity contribution < 1.29 is 76.2 Å². The predicted molar refractivity (Wildman–Crippen MR) is 297 cm³/mol. The SMILES string of the molecule is COc1cc2c(Oc3ccc(NC(=O)C4(C(=O)Nc5cccc(Cl)c5)CC4)cc3F)ccnc2cc1OCC(=O)[O-].COc1cc2c(Oc3ccc(NC(=O)C4(C(=O)Nc5cccc(Cl)c5)CC4)cc3F)ccnc2cc1OCC(=O)[O-].[Ca+2]. The van der Waals surface area contributed by atoms with Crippen LogP contribution in [0.4, 0.5) is 31.5 Å². The molecular formula is C58H44CaCl2F2N6O14. The van der Waals surface area contributed by atoms with Crippen molar-refractivity contribution in [2.24, 2.45) is 10.8 Å². The van der Waals surface area contributed by atoms with Gasteiger partial charge in [-0.2, -0.15) is 0 Å². The van der Waals surface area contributed by atoms with Crippen LogP contribution in [0.25, 0.3) is 21.8 Å². The number of carbonyl (C=O) groups excluding carboxylic acids is 6. The maximum absolute atomic E-state index is 15.1. The number of rotatable bonds is 20. The number of halogens is 4. The van der Waals surface area contributed by atoms with Gasteiger partial charge in [-0.3, -0.25) is 29.1 Å². The monoisotopic (exact) mass is 1200 g/mol. The van der Waals surface area contributed by atoms with Gasteiger partial charge in [0.05, 0.1) is 37.2 Å². The number of aromatic nitrogens is 2. The largest absolute Gasteiger partial charge is 2.00 e. The number of fused-ring (bicyclic) bond motifs is 2. The third-order valence-corrected chi connectivity index (χ3v) is 13.4. The first kappa shape index (κ1) is 60.6. The fourth-order valence-electron chi connectivity index (χ4n) is 8.31. The number of hydrogen-bond donors (Lipinski definition) is 4. The number of benzene rings is 6. The van der Waals surface area contributed by atoms with Gasteiger partial charge in [-0.25, -0.2) is 8.78 Å². The standard InChI is InChI=1S/2C29H23ClFN3O7.Ca/c2*1-39-24-13-19-21(14-25(24)40-15-26(35)36)32-10-7-22(19)41-23-6-5-18(12-20(23)31)34-28(38)29(8-9-29)27(37)33-17-4-2-3-16(30)11-17;/h2*2-7,10-14H,8-9,15H2,1H3,(H,33,37)(H,34,38)(H,35,36);/q;;+2/p-2. The average molecular weight is 1200 g/mol. The third-order valence-electron chi connectivity index (χ3n) is 12.9. The van der Waals surface area contributed by atoms with Crippen LogP contribution in [-0.2, 0) is 28.8 Å². The van der Waals surface area contributed by atoms with Crippen LogP contribution in [0.2, 0.25) is 10.0 Å². The van der Waals surface area contributed by atoms with Gasteiger partial charge in [0.2, 0.25) is 23.6 Å². The summed E-state index contributed by atoms with van der Waals surface area (Å²) in [5.41, 5.74) is -0.513. The van der Waals surface area contributed by atoms with E-state index >= 15 is 8.78 Å². The van der Waals surface area contributed by atoms with Crippen LogP contribution in [-0.4, -0.2) is 111 Å². The zero-order chi connectivity index (χ0) is 58.3. The number of amides is 4. The number of pyridine rings is 2. The van der Waals surface area contributed by atoms with E-state index in [-0.39, 0.29) is 95.1 Å². The van der Waals surface area contributed by atoms with Gasteiger partial charge in [0.1, 0.15) is 35.5 Å². The Bertz CT molecular complexity index is 3610. The summed E-state index contributed by atoms with van der Waals surface area (Å²) in [6, 6.07) is 30.0. The Morgan fingerprint density at radius 2 is 0.843 bits per heavy atom. The van der Waals surface area contributed by atoms with Gasteiger partial charge >= 0.3 is 37.7 Å². The summed E-state index contributed by atoms with van der Waals surface area (Å²) in [6.45, 7) is -1.36. The third kappa shape index (κ3) is 14.4. The molecule has 2 aromatic heterocycles. The molecule has 0 aliphatic heterocycles. The molecule has 25 heteroatoms. The molecule has 420 valence electrons. The zero-order valence-corrected chi connectivity index (χ0v) is 47.5. The summed E-state index contributed by atoms with van der Waals surface area (Å²) in [5.74, 6) is -5.45. The molecule has 0 radical (unpaired) electrons. The maximum Gasteiger partial charge on any atom is 2.00 e. The van der Waals surface area contributed by atoms with Crippen LogP contribution >= 0.6 is 23.2 Å². The summed E-state index contributed by atoms with van der Waals surface area (Å²) in [6.07, 6.45) is 4.28. The van der Waals surface area contributed by atoms with E-state index < -0.39 is 71.2 Å². The number of carboxylic acid groups (broad SMARTS) is 2. The molecule has 4 amide bonds. The van der Waals surface area contributed by atoms with Gasteiger partial charge in [-0.05, 0) is 111 Å². The molecule has 2 aliphatic carbocycles. The number of nitrogens with one attached hydrogen (secondary N) is 4. The number of ether oxygens (including phenoxy) is 6. The first-order valence-electron chi connectivity index (χ1n) is 24.7. The van der Waals surface area contributed by atoms with Crippen molar-refractivity contribution in [3.63, 3.8) is 0 Å². The molecule has 20 nitrogen and oxygen atoms in total. The molecule has 2 fully saturated rings. The van der Waals surface area contributed by atoms with Gasteiger partial charge in [0.15, 0.2) is 46.1 Å². The molecule has 0 unspecified atom stereocenters. The van der Waals surface area contributed by atoms with Gasteiger partial charge in [0.25, 0.3) is 0 Å². The van der Waals surface area contributed by atoms with Crippen LogP contribution in [0.1, 0.15) is 25.7 Å². The van der Waals surface area contributed by atoms with Crippen molar-refractivity contribution in [2.75, 3.05) is 48.7 Å². The Kier molecular flexibility index (Phi) is 19.1. The molecule has 2 saturated carbocycles. The number of hydrogen-bond acceptors (Lipinski definition) is 16. The van der Waals surface area contributed by atoms with E-state index in [1.165, 1.54) is 87.3 Å². The fraction of sp³-hybridized carbons (Fsp3) is 0.172. The Morgan fingerprint density at radius 1 is 0.482 bits per heavy atom. The summed E-state index contributed by atoms with van der Waals surface area (Å²) in [5, 5.41) is 34.0. The molecule has 4 N–H and O–H groups in total. The van der Waals surface area contributed by atoms with Gasteiger partial charge in [-0.1, -0.05) is 35.3 Å². The van der Waals surface area contributed by atoms with Crippen molar-refractivity contribution in [3.05, 3.63) is 155 Å². The number of anilines is 4. The quantitative estimate of drug-likeness (QED) is 0.0413. The predicted octanol–water partition coefficient (Wildman–Crippen LogP) is 8.25. The molecule has 10 rings (SSSR count). The minimum Gasteiger partial charge on any atom is -0.546 e. The first-order valence-corrected chi connectivity index (χ1v) is 25.4. The smallest absolute Gasteiger partial charge is 0.546 e. The van der Waals surface area contributed by atoms with Crippen LogP contribution in [0.15, 0.2) is 134 Å². The molecule has 0 saturated heterocycles. The van der Waals surface area contributed by atoms with E-state index in [0.29, 0.717) is 68.9 Å². The van der Waals surface area contributed by atoms with Crippen LogP contribution in [0.5, 0.6) is 46.0 Å². The first-order chi connectivity index (χ1) is 39.4. The topological polar surface area (TPSA) is 278 Å². The van der Waals surface area contributed by atoms with Gasteiger partial charge in [-0.15, -0.1) is 0 Å². The van der Waals surface area contributed by atoms with Crippen LogP contribution < -0.4 is 59.9 Å². The summed E-state index contributed by atoms with van der Waals surface area (Å²) in [7, 11) is 2.76. The second kappa shape index (κ2) is 26.1. The van der Waals surface area contributed by atoms with E-state index in [1.807, 2.05) is 0 Å². The van der Waals surface area contributed by atoms with Crippen molar-refractivity contribution >= 4 is 141 Å².